The van der Waals surface area contributed by atoms with Crippen molar-refractivity contribution < 1.29 is 17.0 Å². The van der Waals surface area contributed by atoms with Gasteiger partial charge in [0.25, 0.3) is 0 Å². The average molecular weight is 519 g/mol. The van der Waals surface area contributed by atoms with E-state index in [1.807, 2.05) is 0 Å². The minimum absolute atomic E-state index is 0.556. The molecule has 0 spiro atoms. The third-order valence-electron chi connectivity index (χ3n) is 9.12. The van der Waals surface area contributed by atoms with Gasteiger partial charge in [-0.2, -0.15) is 13.1 Å². The third kappa shape index (κ3) is 9.35. The van der Waals surface area contributed by atoms with Gasteiger partial charge in [-0.05, 0) is 11.8 Å². The molecule has 0 aromatic rings. The van der Waals surface area contributed by atoms with Gasteiger partial charge in [0, 0.05) is 0 Å². The molecule has 0 heterocycles. The van der Waals surface area contributed by atoms with Crippen LogP contribution in [0, 0.1) is 23.7 Å². The second kappa shape index (κ2) is 16.8. The first kappa shape index (κ1) is 27.8. The van der Waals surface area contributed by atoms with E-state index in [4.69, 9.17) is 29.2 Å². The first-order valence-corrected chi connectivity index (χ1v) is 18.4. The van der Waals surface area contributed by atoms with Crippen LogP contribution >= 0.6 is 18.6 Å². The number of nitrogens with zero attached hydrogens (tertiary/aromatic N) is 2. The van der Waals surface area contributed by atoms with Crippen LogP contribution in [0.25, 0.3) is 10.6 Å². The molecular weight excluding hydrogens is 471 g/mol. The molecule has 0 N–H and O–H groups in total. The van der Waals surface area contributed by atoms with Gasteiger partial charge in [0.05, 0.1) is 0 Å². The second-order valence-corrected chi connectivity index (χ2v) is 13.6. The van der Waals surface area contributed by atoms with E-state index in [0.717, 1.165) is 36.8 Å². The van der Waals surface area contributed by atoms with Crippen LogP contribution in [-0.4, -0.2) is 25.2 Å². The molecule has 4 atom stereocenters. The maximum atomic E-state index is 5.27. The van der Waals surface area contributed by atoms with Crippen LogP contribution in [-0.2, 0) is 17.0 Å². The predicted molar refractivity (Wildman–Crippen MR) is 137 cm³/mol. The zero-order valence-corrected chi connectivity index (χ0v) is 23.5. The van der Waals surface area contributed by atoms with Crippen molar-refractivity contribution in [2.24, 2.45) is 23.7 Å². The molecule has 4 aliphatic rings. The van der Waals surface area contributed by atoms with E-state index >= 15 is 0 Å². The van der Waals surface area contributed by atoms with Crippen molar-refractivity contribution in [1.82, 2.24) is 0 Å². The molecule has 186 valence electrons. The Balaban J connectivity index is 0.000000913. The van der Waals surface area contributed by atoms with E-state index in [1.165, 1.54) is 122 Å². The summed E-state index contributed by atoms with van der Waals surface area (Å²) >= 11 is -0.556. The van der Waals surface area contributed by atoms with Crippen LogP contribution in [0.2, 0.25) is 0 Å². The van der Waals surface area contributed by atoms with Crippen molar-refractivity contribution in [3.63, 3.8) is 0 Å². The van der Waals surface area contributed by atoms with Gasteiger partial charge in [0.1, 0.15) is 0 Å². The Labute approximate surface area is 216 Å². The van der Waals surface area contributed by atoms with Crippen molar-refractivity contribution in [3.05, 3.63) is 10.6 Å². The first-order valence-electron chi connectivity index (χ1n) is 14.1. The minimum atomic E-state index is -0.556. The zero-order valence-electron chi connectivity index (χ0n) is 20.5. The van der Waals surface area contributed by atoms with Gasteiger partial charge in [-0.1, -0.05) is 134 Å². The van der Waals surface area contributed by atoms with Gasteiger partial charge in [0.2, 0.25) is 0 Å². The van der Waals surface area contributed by atoms with E-state index in [0.29, 0.717) is 12.1 Å². The molecule has 0 bridgehead atoms. The molecule has 0 amide bonds. The molecule has 0 radical (unpaired) electrons. The number of rotatable bonds is 8. The van der Waals surface area contributed by atoms with Gasteiger partial charge < -0.3 is 10.6 Å². The fourth-order valence-electron chi connectivity index (χ4n) is 7.54. The van der Waals surface area contributed by atoms with Gasteiger partial charge in [-0.3, -0.25) is 0 Å². The Bertz CT molecular complexity index is 429. The molecule has 4 saturated carbocycles. The number of halogens is 2. The molecule has 0 aromatic carbocycles. The quantitative estimate of drug-likeness (QED) is 0.226. The SMILES string of the molecule is C1CCC(C2CCCCC2[N-]CCC[N-]C2CCCCC2C2CCCCC2)CC1.[Cl][Ti][Cl]. The Morgan fingerprint density at radius 1 is 0.500 bits per heavy atom. The van der Waals surface area contributed by atoms with Crippen molar-refractivity contribution in [3.8, 4) is 0 Å². The predicted octanol–water partition coefficient (Wildman–Crippen LogP) is 9.78. The molecule has 4 aliphatic carbocycles. The molecule has 4 fully saturated rings. The molecule has 0 aromatic heterocycles. The Hall–Kier alpha value is 1.21. The Kier molecular flexibility index (Phi) is 14.6. The maximum absolute atomic E-state index is 5.27. The van der Waals surface area contributed by atoms with Gasteiger partial charge in [-0.25, -0.2) is 0 Å². The number of hydrogen-bond donors (Lipinski definition) is 0. The fourth-order valence-corrected chi connectivity index (χ4v) is 7.54. The van der Waals surface area contributed by atoms with Crippen molar-refractivity contribution in [2.45, 2.75) is 134 Å². The molecule has 0 aliphatic heterocycles. The first-order chi connectivity index (χ1) is 15.8. The topological polar surface area (TPSA) is 28.2 Å². The average Bonchev–Trinajstić information content (AvgIpc) is 2.86. The zero-order chi connectivity index (χ0) is 22.4. The Morgan fingerprint density at radius 3 is 1.25 bits per heavy atom. The van der Waals surface area contributed by atoms with E-state index in [2.05, 4.69) is 0 Å². The van der Waals surface area contributed by atoms with Crippen molar-refractivity contribution >= 4 is 18.6 Å². The molecule has 5 heteroatoms. The van der Waals surface area contributed by atoms with Crippen LogP contribution in [0.4, 0.5) is 0 Å². The van der Waals surface area contributed by atoms with E-state index < -0.39 is 17.0 Å². The van der Waals surface area contributed by atoms with Gasteiger partial charge in [0.15, 0.2) is 0 Å². The van der Waals surface area contributed by atoms with E-state index in [1.54, 1.807) is 0 Å². The van der Waals surface area contributed by atoms with Gasteiger partial charge in [-0.15, -0.1) is 12.1 Å². The monoisotopic (exact) mass is 518 g/mol. The molecule has 32 heavy (non-hydrogen) atoms. The summed E-state index contributed by atoms with van der Waals surface area (Å²) in [7, 11) is 9.78. The summed E-state index contributed by atoms with van der Waals surface area (Å²) in [6.07, 6.45) is 27.6. The Morgan fingerprint density at radius 2 is 0.844 bits per heavy atom. The van der Waals surface area contributed by atoms with Crippen molar-refractivity contribution in [1.29, 1.82) is 0 Å². The summed E-state index contributed by atoms with van der Waals surface area (Å²) in [6.45, 7) is 2.16. The molecular formula is C27H48Cl2N2Ti-2. The van der Waals surface area contributed by atoms with Crippen LogP contribution in [0.1, 0.15) is 122 Å². The molecule has 4 rings (SSSR count). The second-order valence-electron chi connectivity index (χ2n) is 11.1. The fraction of sp³-hybridized carbons (Fsp3) is 1.00. The summed E-state index contributed by atoms with van der Waals surface area (Å²) < 4.78 is 0. The van der Waals surface area contributed by atoms with Crippen molar-refractivity contribution in [2.75, 3.05) is 13.1 Å². The standard InChI is InChI=1S/C27H48N2.2ClH.Ti/c1-3-12-22(13-4-1)24-16-7-9-18-26(24)28-20-11-21-29-27-19-10-8-17-25(27)23-14-5-2-6-15-23;;;/h22-27H,1-21H2;2*1H;/q-2;;;+2/p-2. The molecule has 4 unspecified atom stereocenters. The van der Waals surface area contributed by atoms with Crippen LogP contribution in [0.3, 0.4) is 0 Å². The van der Waals surface area contributed by atoms with Gasteiger partial charge >= 0.3 is 35.6 Å². The summed E-state index contributed by atoms with van der Waals surface area (Å²) in [6, 6.07) is 1.38. The normalized spacial score (nSPS) is 32.7. The third-order valence-corrected chi connectivity index (χ3v) is 9.12. The van der Waals surface area contributed by atoms with E-state index in [9.17, 15) is 0 Å². The summed E-state index contributed by atoms with van der Waals surface area (Å²) in [5.74, 6) is 3.85. The number of hydrogen-bond acceptors (Lipinski definition) is 0. The van der Waals surface area contributed by atoms with Crippen LogP contribution in [0.5, 0.6) is 0 Å². The summed E-state index contributed by atoms with van der Waals surface area (Å²) in [4.78, 5) is 0. The molecule has 2 nitrogen and oxygen atoms in total. The van der Waals surface area contributed by atoms with Crippen LogP contribution < -0.4 is 0 Å². The van der Waals surface area contributed by atoms with Crippen LogP contribution in [0.15, 0.2) is 0 Å². The molecule has 0 saturated heterocycles. The summed E-state index contributed by atoms with van der Waals surface area (Å²) in [5, 5.41) is 10.5. The van der Waals surface area contributed by atoms with E-state index in [-0.39, 0.29) is 0 Å². The summed E-state index contributed by atoms with van der Waals surface area (Å²) in [5.41, 5.74) is 0.